The van der Waals surface area contributed by atoms with Crippen molar-refractivity contribution in [2.75, 3.05) is 36.0 Å². The molecule has 0 unspecified atom stereocenters. The summed E-state index contributed by atoms with van der Waals surface area (Å²) < 4.78 is 1.77. The molecule has 2 fully saturated rings. The van der Waals surface area contributed by atoms with E-state index in [1.807, 2.05) is 32.0 Å². The molecule has 1 aliphatic carbocycles. The van der Waals surface area contributed by atoms with E-state index in [0.717, 1.165) is 61.3 Å². The number of aromatic nitrogens is 4. The monoisotopic (exact) mass is 390 g/mol. The van der Waals surface area contributed by atoms with Gasteiger partial charge in [0.15, 0.2) is 0 Å². The van der Waals surface area contributed by atoms with E-state index in [0.29, 0.717) is 11.3 Å². The fraction of sp³-hybridized carbons (Fsp3) is 0.455. The zero-order valence-corrected chi connectivity index (χ0v) is 17.0. The van der Waals surface area contributed by atoms with E-state index in [1.54, 1.807) is 10.9 Å². The Hall–Kier alpha value is -2.96. The van der Waals surface area contributed by atoms with Gasteiger partial charge < -0.3 is 9.80 Å². The van der Waals surface area contributed by atoms with Gasteiger partial charge in [-0.3, -0.25) is 9.36 Å². The molecule has 1 saturated heterocycles. The van der Waals surface area contributed by atoms with Gasteiger partial charge in [0, 0.05) is 49.8 Å². The van der Waals surface area contributed by atoms with E-state index in [2.05, 4.69) is 30.8 Å². The Labute approximate surface area is 170 Å². The van der Waals surface area contributed by atoms with Crippen LogP contribution >= 0.6 is 0 Å². The third kappa shape index (κ3) is 3.69. The van der Waals surface area contributed by atoms with E-state index in [1.165, 1.54) is 12.8 Å². The van der Waals surface area contributed by atoms with Crippen LogP contribution < -0.4 is 15.4 Å². The minimum Gasteiger partial charge on any atom is -0.368 e. The molecule has 1 saturated carbocycles. The predicted octanol–water partition coefficient (Wildman–Crippen LogP) is 2.54. The van der Waals surface area contributed by atoms with Gasteiger partial charge in [-0.15, -0.1) is 0 Å². The SMILES string of the molecule is Cc1cc(C)nc(N2CCN(c3ccc4c(=O)n(CC5CC5)cnc4c3)CC2)n1. The Morgan fingerprint density at radius 2 is 1.66 bits per heavy atom. The molecule has 2 aromatic heterocycles. The maximum Gasteiger partial charge on any atom is 0.261 e. The van der Waals surface area contributed by atoms with E-state index in [-0.39, 0.29) is 5.56 Å². The lowest BCUT2D eigenvalue weighted by Gasteiger charge is -2.36. The molecule has 1 aromatic carbocycles. The first kappa shape index (κ1) is 18.1. The fourth-order valence-corrected chi connectivity index (χ4v) is 4.07. The van der Waals surface area contributed by atoms with Crippen molar-refractivity contribution < 1.29 is 0 Å². The van der Waals surface area contributed by atoms with E-state index >= 15 is 0 Å². The Balaban J connectivity index is 1.33. The van der Waals surface area contributed by atoms with Crippen molar-refractivity contribution in [3.63, 3.8) is 0 Å². The molecule has 2 aliphatic rings. The van der Waals surface area contributed by atoms with Crippen molar-refractivity contribution >= 4 is 22.5 Å². The van der Waals surface area contributed by atoms with Crippen LogP contribution in [0, 0.1) is 19.8 Å². The number of anilines is 2. The maximum absolute atomic E-state index is 12.7. The average Bonchev–Trinajstić information content (AvgIpc) is 3.53. The summed E-state index contributed by atoms with van der Waals surface area (Å²) >= 11 is 0. The van der Waals surface area contributed by atoms with Crippen LogP contribution in [0.5, 0.6) is 0 Å². The van der Waals surface area contributed by atoms with Gasteiger partial charge in [-0.1, -0.05) is 0 Å². The second-order valence-electron chi connectivity index (χ2n) is 8.27. The van der Waals surface area contributed by atoms with Gasteiger partial charge in [0.1, 0.15) is 0 Å². The first-order valence-electron chi connectivity index (χ1n) is 10.4. The van der Waals surface area contributed by atoms with Gasteiger partial charge in [-0.05, 0) is 56.9 Å². The summed E-state index contributed by atoms with van der Waals surface area (Å²) in [5.74, 6) is 1.47. The van der Waals surface area contributed by atoms with E-state index in [9.17, 15) is 4.79 Å². The topological polar surface area (TPSA) is 67.2 Å². The molecule has 150 valence electrons. The second kappa shape index (κ2) is 7.13. The van der Waals surface area contributed by atoms with Crippen LogP contribution in [0.2, 0.25) is 0 Å². The lowest BCUT2D eigenvalue weighted by molar-refractivity contribution is 0.602. The number of fused-ring (bicyclic) bond motifs is 1. The molecule has 0 atom stereocenters. The van der Waals surface area contributed by atoms with Crippen LogP contribution in [0.1, 0.15) is 24.2 Å². The molecule has 1 aliphatic heterocycles. The van der Waals surface area contributed by atoms with Crippen LogP contribution in [0.3, 0.4) is 0 Å². The third-order valence-electron chi connectivity index (χ3n) is 5.86. The lowest BCUT2D eigenvalue weighted by atomic mass is 10.2. The lowest BCUT2D eigenvalue weighted by Crippen LogP contribution is -2.47. The first-order valence-corrected chi connectivity index (χ1v) is 10.4. The van der Waals surface area contributed by atoms with Gasteiger partial charge in [0.2, 0.25) is 5.95 Å². The van der Waals surface area contributed by atoms with E-state index < -0.39 is 0 Å². The van der Waals surface area contributed by atoms with Crippen LogP contribution in [0.4, 0.5) is 11.6 Å². The van der Waals surface area contributed by atoms with Gasteiger partial charge in [0.05, 0.1) is 17.2 Å². The average molecular weight is 390 g/mol. The number of hydrogen-bond donors (Lipinski definition) is 0. The highest BCUT2D eigenvalue weighted by Crippen LogP contribution is 2.30. The highest BCUT2D eigenvalue weighted by molar-refractivity contribution is 5.81. The summed E-state index contributed by atoms with van der Waals surface area (Å²) in [6.45, 7) is 8.34. The molecule has 29 heavy (non-hydrogen) atoms. The molecular weight excluding hydrogens is 364 g/mol. The molecule has 5 rings (SSSR count). The van der Waals surface area contributed by atoms with Crippen molar-refractivity contribution in [2.45, 2.75) is 33.2 Å². The largest absolute Gasteiger partial charge is 0.368 e. The van der Waals surface area contributed by atoms with Crippen molar-refractivity contribution in [2.24, 2.45) is 5.92 Å². The van der Waals surface area contributed by atoms with E-state index in [4.69, 9.17) is 0 Å². The molecule has 7 heteroatoms. The molecule has 0 N–H and O–H groups in total. The van der Waals surface area contributed by atoms with Crippen LogP contribution in [0.15, 0.2) is 35.4 Å². The smallest absolute Gasteiger partial charge is 0.261 e. The number of aryl methyl sites for hydroxylation is 2. The van der Waals surface area contributed by atoms with Crippen molar-refractivity contribution in [1.82, 2.24) is 19.5 Å². The number of piperazine rings is 1. The predicted molar refractivity (Wildman–Crippen MR) is 115 cm³/mol. The Bertz CT molecular complexity index is 1090. The first-order chi connectivity index (χ1) is 14.1. The highest BCUT2D eigenvalue weighted by atomic mass is 16.1. The van der Waals surface area contributed by atoms with Gasteiger partial charge in [-0.25, -0.2) is 15.0 Å². The summed E-state index contributed by atoms with van der Waals surface area (Å²) in [5.41, 5.74) is 3.97. The molecule has 0 radical (unpaired) electrons. The van der Waals surface area contributed by atoms with Crippen LogP contribution in [-0.4, -0.2) is 45.7 Å². The molecule has 0 spiro atoms. The fourth-order valence-electron chi connectivity index (χ4n) is 4.07. The number of nitrogens with zero attached hydrogens (tertiary/aromatic N) is 6. The Morgan fingerprint density at radius 3 is 2.34 bits per heavy atom. The standard InChI is InChI=1S/C22H26N6O/c1-15-11-16(2)25-22(24-15)27-9-7-26(8-10-27)18-5-6-19-20(12-18)23-14-28(21(19)29)13-17-3-4-17/h5-6,11-12,14,17H,3-4,7-10,13H2,1-2H3. The third-order valence-corrected chi connectivity index (χ3v) is 5.86. The summed E-state index contributed by atoms with van der Waals surface area (Å²) in [6, 6.07) is 8.03. The van der Waals surface area contributed by atoms with Gasteiger partial charge >= 0.3 is 0 Å². The molecule has 3 aromatic rings. The molecular formula is C22H26N6O. The molecule has 3 heterocycles. The van der Waals surface area contributed by atoms with Crippen LogP contribution in [-0.2, 0) is 6.54 Å². The Morgan fingerprint density at radius 1 is 0.966 bits per heavy atom. The minimum absolute atomic E-state index is 0.0743. The number of rotatable bonds is 4. The Kier molecular flexibility index (Phi) is 4.45. The summed E-state index contributed by atoms with van der Waals surface area (Å²) in [5, 5.41) is 0.708. The quantitative estimate of drug-likeness (QED) is 0.682. The van der Waals surface area contributed by atoms with Gasteiger partial charge in [0.25, 0.3) is 5.56 Å². The van der Waals surface area contributed by atoms with Crippen molar-refractivity contribution in [3.05, 3.63) is 52.3 Å². The zero-order valence-electron chi connectivity index (χ0n) is 17.0. The normalized spacial score (nSPS) is 17.2. The molecule has 7 nitrogen and oxygen atoms in total. The maximum atomic E-state index is 12.7. The second-order valence-corrected chi connectivity index (χ2v) is 8.27. The minimum atomic E-state index is 0.0743. The molecule has 0 amide bonds. The van der Waals surface area contributed by atoms with Crippen molar-refractivity contribution in [3.8, 4) is 0 Å². The highest BCUT2D eigenvalue weighted by Gasteiger charge is 2.23. The number of hydrogen-bond acceptors (Lipinski definition) is 6. The summed E-state index contributed by atoms with van der Waals surface area (Å²) in [4.78, 5) is 31.1. The summed E-state index contributed by atoms with van der Waals surface area (Å²) in [7, 11) is 0. The van der Waals surface area contributed by atoms with Crippen LogP contribution in [0.25, 0.3) is 10.9 Å². The van der Waals surface area contributed by atoms with Crippen molar-refractivity contribution in [1.29, 1.82) is 0 Å². The summed E-state index contributed by atoms with van der Waals surface area (Å²) in [6.07, 6.45) is 4.16. The molecule has 0 bridgehead atoms. The zero-order chi connectivity index (χ0) is 20.0. The van der Waals surface area contributed by atoms with Gasteiger partial charge in [-0.2, -0.15) is 0 Å². The number of benzene rings is 1.